The first-order valence-corrected chi connectivity index (χ1v) is 8.22. The van der Waals surface area contributed by atoms with Crippen molar-refractivity contribution in [2.45, 2.75) is 26.1 Å². The van der Waals surface area contributed by atoms with E-state index in [-0.39, 0.29) is 31.2 Å². The van der Waals surface area contributed by atoms with Crippen LogP contribution in [0.25, 0.3) is 0 Å². The molecule has 2 rings (SSSR count). The number of benzene rings is 1. The lowest BCUT2D eigenvalue weighted by atomic mass is 10.1. The van der Waals surface area contributed by atoms with Gasteiger partial charge in [0.25, 0.3) is 5.91 Å². The molecule has 4 nitrogen and oxygen atoms in total. The maximum atomic E-state index is 12.8. The number of rotatable bonds is 6. The Hall–Kier alpha value is -1.64. The van der Waals surface area contributed by atoms with E-state index in [1.165, 1.54) is 5.38 Å². The van der Waals surface area contributed by atoms with E-state index < -0.39 is 18.6 Å². The average Bonchev–Trinajstić information content (AvgIpc) is 3.00. The van der Waals surface area contributed by atoms with E-state index in [1.807, 2.05) is 31.2 Å². The predicted octanol–water partition coefficient (Wildman–Crippen LogP) is 3.58. The fourth-order valence-electron chi connectivity index (χ4n) is 2.15. The summed E-state index contributed by atoms with van der Waals surface area (Å²) < 4.78 is 38.4. The summed E-state index contributed by atoms with van der Waals surface area (Å²) in [7, 11) is 0. The number of halogens is 4. The van der Waals surface area contributed by atoms with Crippen LogP contribution in [-0.4, -0.2) is 35.1 Å². The lowest BCUT2D eigenvalue weighted by molar-refractivity contribution is -0.140. The van der Waals surface area contributed by atoms with Gasteiger partial charge in [0, 0.05) is 18.5 Å². The topological polar surface area (TPSA) is 59.2 Å². The molecular weight excluding hydrogens is 375 g/mol. The highest BCUT2D eigenvalue weighted by atomic mass is 35.5. The third-order valence-corrected chi connectivity index (χ3v) is 4.26. The normalized spacial score (nSPS) is 11.1. The standard InChI is InChI=1S/C16H18F3N3OS.ClH/c1-11-2-4-12(5-3-11)6-7-22(10-16(17,18)19)15(23)13-9-24-14(8-20)21-13;/h2-5,9H,6-8,10,20H2,1H3;1H. The number of carbonyl (C=O) groups excluding carboxylic acids is 1. The van der Waals surface area contributed by atoms with Gasteiger partial charge in [-0.25, -0.2) is 4.98 Å². The monoisotopic (exact) mass is 393 g/mol. The quantitative estimate of drug-likeness (QED) is 0.816. The van der Waals surface area contributed by atoms with Gasteiger partial charge in [-0.05, 0) is 18.9 Å². The molecule has 25 heavy (non-hydrogen) atoms. The van der Waals surface area contributed by atoms with Gasteiger partial charge in [-0.15, -0.1) is 23.7 Å². The molecule has 2 N–H and O–H groups in total. The zero-order chi connectivity index (χ0) is 17.7. The first-order valence-electron chi connectivity index (χ1n) is 7.34. The summed E-state index contributed by atoms with van der Waals surface area (Å²) in [5.41, 5.74) is 7.38. The molecular formula is C16H19ClF3N3OS. The summed E-state index contributed by atoms with van der Waals surface area (Å²) in [5.74, 6) is -0.726. The number of hydrogen-bond acceptors (Lipinski definition) is 4. The number of alkyl halides is 3. The second-order valence-electron chi connectivity index (χ2n) is 5.41. The molecule has 9 heteroatoms. The summed E-state index contributed by atoms with van der Waals surface area (Å²) in [6.45, 7) is 0.755. The van der Waals surface area contributed by atoms with Gasteiger partial charge in [0.1, 0.15) is 17.2 Å². The fraction of sp³-hybridized carbons (Fsp3) is 0.375. The third-order valence-electron chi connectivity index (χ3n) is 3.39. The van der Waals surface area contributed by atoms with Crippen LogP contribution in [-0.2, 0) is 13.0 Å². The summed E-state index contributed by atoms with van der Waals surface area (Å²) in [6.07, 6.45) is -4.12. The summed E-state index contributed by atoms with van der Waals surface area (Å²) in [4.78, 5) is 17.1. The van der Waals surface area contributed by atoms with Gasteiger partial charge in [-0.1, -0.05) is 29.8 Å². The van der Waals surface area contributed by atoms with Gasteiger partial charge in [0.05, 0.1) is 0 Å². The second kappa shape index (κ2) is 9.17. The van der Waals surface area contributed by atoms with E-state index in [9.17, 15) is 18.0 Å². The molecule has 0 aliphatic carbocycles. The highest BCUT2D eigenvalue weighted by Gasteiger charge is 2.33. The van der Waals surface area contributed by atoms with Crippen molar-refractivity contribution < 1.29 is 18.0 Å². The summed E-state index contributed by atoms with van der Waals surface area (Å²) in [5, 5.41) is 1.96. The zero-order valence-electron chi connectivity index (χ0n) is 13.5. The molecule has 1 amide bonds. The number of aryl methyl sites for hydroxylation is 1. The number of carbonyl (C=O) groups is 1. The summed E-state index contributed by atoms with van der Waals surface area (Å²) in [6, 6.07) is 7.47. The number of amides is 1. The Morgan fingerprint density at radius 1 is 1.28 bits per heavy atom. The summed E-state index contributed by atoms with van der Waals surface area (Å²) >= 11 is 1.16. The number of aromatic nitrogens is 1. The van der Waals surface area contributed by atoms with Crippen molar-refractivity contribution in [2.75, 3.05) is 13.1 Å². The Labute approximate surface area is 154 Å². The smallest absolute Gasteiger partial charge is 0.328 e. The molecule has 1 heterocycles. The molecule has 0 aliphatic rings. The van der Waals surface area contributed by atoms with Gasteiger partial charge in [0.2, 0.25) is 0 Å². The van der Waals surface area contributed by atoms with Crippen LogP contribution in [0.3, 0.4) is 0 Å². The van der Waals surface area contributed by atoms with Gasteiger partial charge in [0.15, 0.2) is 0 Å². The van der Waals surface area contributed by atoms with Gasteiger partial charge in [-0.3, -0.25) is 4.79 Å². The molecule has 1 aromatic carbocycles. The number of thiazole rings is 1. The van der Waals surface area contributed by atoms with Gasteiger partial charge >= 0.3 is 6.18 Å². The van der Waals surface area contributed by atoms with Crippen molar-refractivity contribution in [2.24, 2.45) is 5.73 Å². The van der Waals surface area contributed by atoms with Crippen molar-refractivity contribution in [3.63, 3.8) is 0 Å². The van der Waals surface area contributed by atoms with E-state index in [4.69, 9.17) is 5.73 Å². The highest BCUT2D eigenvalue weighted by molar-refractivity contribution is 7.09. The van der Waals surface area contributed by atoms with E-state index >= 15 is 0 Å². The Bertz CT molecular complexity index is 689. The fourth-order valence-corrected chi connectivity index (χ4v) is 2.80. The lowest BCUT2D eigenvalue weighted by Gasteiger charge is -2.23. The second-order valence-corrected chi connectivity index (χ2v) is 6.35. The Morgan fingerprint density at radius 3 is 2.44 bits per heavy atom. The molecule has 2 aromatic rings. The predicted molar refractivity (Wildman–Crippen MR) is 94.1 cm³/mol. The number of nitrogens with two attached hydrogens (primary N) is 1. The third kappa shape index (κ3) is 6.64. The average molecular weight is 394 g/mol. The first-order chi connectivity index (χ1) is 11.3. The molecule has 0 fully saturated rings. The van der Waals surface area contributed by atoms with Crippen LogP contribution in [0, 0.1) is 6.92 Å². The van der Waals surface area contributed by atoms with Crippen LogP contribution >= 0.6 is 23.7 Å². The Balaban J connectivity index is 0.00000312. The molecule has 0 spiro atoms. The Kier molecular flexibility index (Phi) is 7.85. The van der Waals surface area contributed by atoms with E-state index in [0.717, 1.165) is 27.4 Å². The van der Waals surface area contributed by atoms with Crippen LogP contribution in [0.5, 0.6) is 0 Å². The van der Waals surface area contributed by atoms with Crippen LogP contribution in [0.15, 0.2) is 29.6 Å². The van der Waals surface area contributed by atoms with Crippen LogP contribution in [0.1, 0.15) is 26.6 Å². The van der Waals surface area contributed by atoms with Crippen molar-refractivity contribution in [3.05, 3.63) is 51.5 Å². The van der Waals surface area contributed by atoms with Crippen molar-refractivity contribution in [1.82, 2.24) is 9.88 Å². The molecule has 0 unspecified atom stereocenters. The molecule has 0 atom stereocenters. The lowest BCUT2D eigenvalue weighted by Crippen LogP contribution is -2.40. The minimum atomic E-state index is -4.46. The van der Waals surface area contributed by atoms with Gasteiger partial charge in [-0.2, -0.15) is 13.2 Å². The SMILES string of the molecule is Cc1ccc(CCN(CC(F)(F)F)C(=O)c2csc(CN)n2)cc1.Cl. The largest absolute Gasteiger partial charge is 0.406 e. The maximum absolute atomic E-state index is 12.8. The highest BCUT2D eigenvalue weighted by Crippen LogP contribution is 2.19. The van der Waals surface area contributed by atoms with Crippen molar-refractivity contribution in [3.8, 4) is 0 Å². The minimum absolute atomic E-state index is 0. The molecule has 0 saturated heterocycles. The molecule has 1 aromatic heterocycles. The molecule has 0 saturated carbocycles. The van der Waals surface area contributed by atoms with E-state index in [2.05, 4.69) is 4.98 Å². The molecule has 0 radical (unpaired) electrons. The van der Waals surface area contributed by atoms with E-state index in [1.54, 1.807) is 0 Å². The minimum Gasteiger partial charge on any atom is -0.328 e. The first kappa shape index (κ1) is 21.4. The zero-order valence-corrected chi connectivity index (χ0v) is 15.2. The van der Waals surface area contributed by atoms with Crippen molar-refractivity contribution in [1.29, 1.82) is 0 Å². The molecule has 0 bridgehead atoms. The van der Waals surface area contributed by atoms with E-state index in [0.29, 0.717) is 11.4 Å². The molecule has 138 valence electrons. The van der Waals surface area contributed by atoms with Crippen LogP contribution < -0.4 is 5.73 Å². The number of nitrogens with zero attached hydrogens (tertiary/aromatic N) is 2. The Morgan fingerprint density at radius 2 is 1.92 bits per heavy atom. The van der Waals surface area contributed by atoms with Gasteiger partial charge < -0.3 is 10.6 Å². The van der Waals surface area contributed by atoms with Crippen LogP contribution in [0.4, 0.5) is 13.2 Å². The van der Waals surface area contributed by atoms with Crippen LogP contribution in [0.2, 0.25) is 0 Å². The van der Waals surface area contributed by atoms with Crippen molar-refractivity contribution >= 4 is 29.7 Å². The maximum Gasteiger partial charge on any atom is 0.406 e. The molecule has 0 aliphatic heterocycles. The number of hydrogen-bond donors (Lipinski definition) is 1.